The summed E-state index contributed by atoms with van der Waals surface area (Å²) < 4.78 is 4.75. The molecule has 0 spiro atoms. The van der Waals surface area contributed by atoms with E-state index in [1.54, 1.807) is 6.33 Å². The molecule has 11 rings (SSSR count). The second kappa shape index (κ2) is 13.0. The fourth-order valence-corrected chi connectivity index (χ4v) is 8.54. The first kappa shape index (κ1) is 31.9. The molecule has 0 saturated heterocycles. The minimum atomic E-state index is 0.622. The van der Waals surface area contributed by atoms with Crippen LogP contribution in [0, 0.1) is 0 Å². The van der Waals surface area contributed by atoms with E-state index in [0.29, 0.717) is 11.6 Å². The Morgan fingerprint density at radius 1 is 0.286 bits per heavy atom. The Kier molecular flexibility index (Phi) is 7.42. The van der Waals surface area contributed by atoms with E-state index < -0.39 is 0 Å². The zero-order valence-corrected chi connectivity index (χ0v) is 30.3. The summed E-state index contributed by atoms with van der Waals surface area (Å²) in [6, 6.07) is 68.5. The van der Waals surface area contributed by atoms with Gasteiger partial charge in [-0.05, 0) is 47.5 Å². The molecule has 0 amide bonds. The van der Waals surface area contributed by atoms with E-state index in [2.05, 4.69) is 203 Å². The molecule has 0 fully saturated rings. The molecule has 0 unspecified atom stereocenters. The Morgan fingerprint density at radius 2 is 0.643 bits per heavy atom. The fourth-order valence-electron chi connectivity index (χ4n) is 8.54. The molecule has 11 aromatic rings. The number of aromatic nitrogens is 5. The van der Waals surface area contributed by atoms with Gasteiger partial charge in [0, 0.05) is 55.2 Å². The van der Waals surface area contributed by atoms with Crippen molar-refractivity contribution in [2.45, 2.75) is 0 Å². The van der Waals surface area contributed by atoms with Crippen LogP contribution >= 0.6 is 0 Å². The first-order valence-corrected chi connectivity index (χ1v) is 18.9. The molecule has 0 bridgehead atoms. The fraction of sp³-hybridized carbons (Fsp3) is 0. The van der Waals surface area contributed by atoms with Crippen molar-refractivity contribution in [2.75, 3.05) is 0 Å². The van der Waals surface area contributed by atoms with Crippen molar-refractivity contribution in [2.24, 2.45) is 0 Å². The normalized spacial score (nSPS) is 11.6. The first-order chi connectivity index (χ1) is 27.8. The Hall–Kier alpha value is -7.63. The minimum absolute atomic E-state index is 0.622. The lowest BCUT2D eigenvalue weighted by atomic mass is 9.96. The first-order valence-electron chi connectivity index (χ1n) is 18.9. The molecule has 56 heavy (non-hydrogen) atoms. The van der Waals surface area contributed by atoms with Crippen molar-refractivity contribution in [3.05, 3.63) is 200 Å². The quantitative estimate of drug-likeness (QED) is 0.172. The van der Waals surface area contributed by atoms with E-state index >= 15 is 0 Å². The number of benzene rings is 8. The van der Waals surface area contributed by atoms with Gasteiger partial charge < -0.3 is 9.13 Å². The average Bonchev–Trinajstić information content (AvgIpc) is 3.80. The lowest BCUT2D eigenvalue weighted by Gasteiger charge is -2.15. The van der Waals surface area contributed by atoms with Crippen molar-refractivity contribution in [1.29, 1.82) is 0 Å². The van der Waals surface area contributed by atoms with Gasteiger partial charge in [0.25, 0.3) is 0 Å². The van der Waals surface area contributed by atoms with E-state index in [1.807, 2.05) is 0 Å². The maximum atomic E-state index is 5.26. The second-order valence-electron chi connectivity index (χ2n) is 14.0. The molecule has 0 radical (unpaired) electrons. The predicted octanol–water partition coefficient (Wildman–Crippen LogP) is 12.7. The highest BCUT2D eigenvalue weighted by molar-refractivity contribution is 6.16. The molecule has 8 aromatic carbocycles. The number of fused-ring (bicyclic) bond motifs is 6. The van der Waals surface area contributed by atoms with Gasteiger partial charge >= 0.3 is 0 Å². The third kappa shape index (κ3) is 4.99. The molecule has 0 N–H and O–H groups in total. The van der Waals surface area contributed by atoms with Crippen molar-refractivity contribution < 1.29 is 0 Å². The van der Waals surface area contributed by atoms with Crippen LogP contribution < -0.4 is 0 Å². The monoisotopic (exact) mass is 715 g/mol. The summed E-state index contributed by atoms with van der Waals surface area (Å²) in [5, 5.41) is 4.82. The van der Waals surface area contributed by atoms with Gasteiger partial charge in [0.15, 0.2) is 11.6 Å². The Balaban J connectivity index is 1.10. The largest absolute Gasteiger partial charge is 0.309 e. The van der Waals surface area contributed by atoms with Crippen LogP contribution in [0.3, 0.4) is 0 Å². The number of hydrogen-bond donors (Lipinski definition) is 0. The van der Waals surface area contributed by atoms with Crippen LogP contribution in [-0.2, 0) is 0 Å². The Bertz CT molecular complexity index is 3030. The van der Waals surface area contributed by atoms with Gasteiger partial charge in [0.1, 0.15) is 6.33 Å². The highest BCUT2D eigenvalue weighted by Crippen LogP contribution is 2.43. The van der Waals surface area contributed by atoms with Crippen LogP contribution in [0.4, 0.5) is 0 Å². The number of para-hydroxylation sites is 6. The lowest BCUT2D eigenvalue weighted by molar-refractivity contribution is 1.07. The van der Waals surface area contributed by atoms with E-state index in [1.165, 1.54) is 32.6 Å². The average molecular weight is 716 g/mol. The summed E-state index contributed by atoms with van der Waals surface area (Å²) >= 11 is 0. The number of nitrogens with zero attached hydrogens (tertiary/aromatic N) is 5. The highest BCUT2D eigenvalue weighted by Gasteiger charge is 2.22. The van der Waals surface area contributed by atoms with Gasteiger partial charge in [-0.1, -0.05) is 158 Å². The van der Waals surface area contributed by atoms with Crippen LogP contribution in [-0.4, -0.2) is 24.1 Å². The van der Waals surface area contributed by atoms with Crippen LogP contribution in [0.2, 0.25) is 0 Å². The molecule has 0 aliphatic heterocycles. The van der Waals surface area contributed by atoms with Gasteiger partial charge in [-0.25, -0.2) is 15.0 Å². The van der Waals surface area contributed by atoms with Crippen molar-refractivity contribution >= 4 is 43.6 Å². The minimum Gasteiger partial charge on any atom is -0.309 e. The second-order valence-corrected chi connectivity index (χ2v) is 14.0. The summed E-state index contributed by atoms with van der Waals surface area (Å²) in [5.74, 6) is 1.24. The molecule has 3 aromatic heterocycles. The molecule has 3 heterocycles. The summed E-state index contributed by atoms with van der Waals surface area (Å²) in [6.45, 7) is 0. The van der Waals surface area contributed by atoms with Gasteiger partial charge in [-0.3, -0.25) is 0 Å². The molecule has 262 valence electrons. The zero-order chi connectivity index (χ0) is 37.0. The molecule has 0 saturated carbocycles. The van der Waals surface area contributed by atoms with Gasteiger partial charge in [0.05, 0.1) is 22.1 Å². The smallest absolute Gasteiger partial charge is 0.163 e. The van der Waals surface area contributed by atoms with E-state index in [4.69, 9.17) is 15.0 Å². The summed E-state index contributed by atoms with van der Waals surface area (Å²) in [4.78, 5) is 14.9. The third-order valence-corrected chi connectivity index (χ3v) is 10.9. The molecular formula is C51H33N5. The summed E-state index contributed by atoms with van der Waals surface area (Å²) in [7, 11) is 0. The van der Waals surface area contributed by atoms with Gasteiger partial charge in [-0.2, -0.15) is 0 Å². The Morgan fingerprint density at radius 3 is 1.11 bits per heavy atom. The topological polar surface area (TPSA) is 48.5 Å². The van der Waals surface area contributed by atoms with E-state index in [0.717, 1.165) is 55.8 Å². The molecular weight excluding hydrogens is 683 g/mol. The van der Waals surface area contributed by atoms with E-state index in [9.17, 15) is 0 Å². The maximum Gasteiger partial charge on any atom is 0.163 e. The molecule has 0 aliphatic rings. The maximum absolute atomic E-state index is 5.26. The van der Waals surface area contributed by atoms with Gasteiger partial charge in [0.2, 0.25) is 0 Å². The highest BCUT2D eigenvalue weighted by atomic mass is 15.0. The molecule has 5 nitrogen and oxygen atoms in total. The van der Waals surface area contributed by atoms with Crippen LogP contribution in [0.15, 0.2) is 200 Å². The third-order valence-electron chi connectivity index (χ3n) is 10.9. The number of hydrogen-bond acceptors (Lipinski definition) is 3. The summed E-state index contributed by atoms with van der Waals surface area (Å²) in [5.41, 5.74) is 13.1. The standard InChI is InChI=1S/C51H33N5/c1-3-17-34(18-4-1)55-46-31-13-11-23-38(46)42-29-15-27-40(48(42)55)36-21-7-9-25-44(36)50-52-33-53-51(54-50)45-26-10-8-22-37(45)41-28-16-30-43-39-24-12-14-32-47(39)56(49(41)43)35-19-5-2-6-20-35/h1-33H. The van der Waals surface area contributed by atoms with Crippen LogP contribution in [0.25, 0.3) is 100 Å². The van der Waals surface area contributed by atoms with Crippen molar-refractivity contribution in [3.63, 3.8) is 0 Å². The van der Waals surface area contributed by atoms with Crippen molar-refractivity contribution in [1.82, 2.24) is 24.1 Å². The predicted molar refractivity (Wildman–Crippen MR) is 230 cm³/mol. The van der Waals surface area contributed by atoms with Crippen molar-refractivity contribution in [3.8, 4) is 56.4 Å². The SMILES string of the molecule is c1ccc(-n2c3ccccc3c3cccc(-c4ccccc4-c4ncnc(-c5ccccc5-c5cccc6c7ccccc7n(-c7ccccc7)c56)n4)c32)cc1. The van der Waals surface area contributed by atoms with Crippen LogP contribution in [0.5, 0.6) is 0 Å². The Labute approximate surface area is 323 Å². The molecule has 0 atom stereocenters. The zero-order valence-electron chi connectivity index (χ0n) is 30.3. The molecule has 5 heteroatoms. The van der Waals surface area contributed by atoms with Gasteiger partial charge in [-0.15, -0.1) is 0 Å². The lowest BCUT2D eigenvalue weighted by Crippen LogP contribution is -2.00. The summed E-state index contributed by atoms with van der Waals surface area (Å²) in [6.07, 6.45) is 1.65. The van der Waals surface area contributed by atoms with E-state index in [-0.39, 0.29) is 0 Å². The molecule has 0 aliphatic carbocycles. The van der Waals surface area contributed by atoms with Crippen LogP contribution in [0.1, 0.15) is 0 Å². The number of rotatable bonds is 6.